The van der Waals surface area contributed by atoms with Crippen LogP contribution in [0.2, 0.25) is 10.0 Å². The van der Waals surface area contributed by atoms with E-state index in [1.165, 1.54) is 11.1 Å². The number of hydrogen-bond acceptors (Lipinski definition) is 3. The number of hydrogen-bond donors (Lipinski definition) is 0. The molecule has 3 nitrogen and oxygen atoms in total. The highest BCUT2D eigenvalue weighted by Gasteiger charge is 2.35. The number of likely N-dealkylation sites (tertiary alicyclic amines) is 1. The minimum absolute atomic E-state index is 0.0400. The lowest BCUT2D eigenvalue weighted by molar-refractivity contribution is 0.0639. The van der Waals surface area contributed by atoms with Crippen molar-refractivity contribution in [3.63, 3.8) is 0 Å². The first-order chi connectivity index (χ1) is 14.6. The number of piperidine rings is 1. The average Bonchev–Trinajstić information content (AvgIpc) is 2.76. The number of nitrogens with zero attached hydrogens (tertiary/aromatic N) is 2. The van der Waals surface area contributed by atoms with E-state index in [-0.39, 0.29) is 6.10 Å². The first-order valence-corrected chi connectivity index (χ1v) is 11.1. The first-order valence-electron chi connectivity index (χ1n) is 10.4. The van der Waals surface area contributed by atoms with Gasteiger partial charge in [0.1, 0.15) is 6.10 Å². The van der Waals surface area contributed by atoms with E-state index in [0.29, 0.717) is 22.7 Å². The van der Waals surface area contributed by atoms with E-state index in [1.54, 1.807) is 6.20 Å². The predicted octanol–water partition coefficient (Wildman–Crippen LogP) is 6.46. The van der Waals surface area contributed by atoms with Gasteiger partial charge in [-0.3, -0.25) is 4.90 Å². The Morgan fingerprint density at radius 1 is 1.00 bits per heavy atom. The summed E-state index contributed by atoms with van der Waals surface area (Å²) in [7, 11) is 0. The van der Waals surface area contributed by atoms with Crippen molar-refractivity contribution in [3.8, 4) is 5.88 Å². The zero-order valence-corrected chi connectivity index (χ0v) is 18.6. The van der Waals surface area contributed by atoms with E-state index < -0.39 is 0 Å². The van der Waals surface area contributed by atoms with Crippen molar-refractivity contribution < 1.29 is 4.74 Å². The third kappa shape index (κ3) is 5.34. The molecule has 1 fully saturated rings. The number of rotatable bonds is 6. The molecule has 0 spiro atoms. The van der Waals surface area contributed by atoms with Crippen molar-refractivity contribution in [1.82, 2.24) is 9.88 Å². The molecule has 1 saturated heterocycles. The average molecular weight is 441 g/mol. The zero-order chi connectivity index (χ0) is 20.9. The van der Waals surface area contributed by atoms with E-state index in [1.807, 2.05) is 24.3 Å². The topological polar surface area (TPSA) is 25.4 Å². The summed E-state index contributed by atoms with van der Waals surface area (Å²) in [6.45, 7) is 5.15. The molecule has 3 aromatic rings. The second-order valence-electron chi connectivity index (χ2n) is 7.97. The lowest BCUT2D eigenvalue weighted by Crippen LogP contribution is -2.43. The number of pyridine rings is 1. The van der Waals surface area contributed by atoms with E-state index >= 15 is 0 Å². The Morgan fingerprint density at radius 3 is 2.43 bits per heavy atom. The van der Waals surface area contributed by atoms with Crippen LogP contribution in [0, 0.1) is 5.92 Å². The maximum Gasteiger partial charge on any atom is 0.213 e. The maximum atomic E-state index is 6.22. The lowest BCUT2D eigenvalue weighted by Gasteiger charge is -2.41. The summed E-state index contributed by atoms with van der Waals surface area (Å²) in [5.41, 5.74) is 2.65. The van der Waals surface area contributed by atoms with Gasteiger partial charge in [-0.15, -0.1) is 0 Å². The van der Waals surface area contributed by atoms with Gasteiger partial charge in [-0.1, -0.05) is 65.7 Å². The normalized spacial score (nSPS) is 20.6. The monoisotopic (exact) mass is 440 g/mol. The fourth-order valence-corrected chi connectivity index (χ4v) is 4.59. The molecule has 0 unspecified atom stereocenters. The predicted molar refractivity (Wildman–Crippen MR) is 123 cm³/mol. The van der Waals surface area contributed by atoms with Crippen LogP contribution in [0.15, 0.2) is 72.9 Å². The molecule has 1 aliphatic rings. The van der Waals surface area contributed by atoms with Gasteiger partial charge >= 0.3 is 0 Å². The summed E-state index contributed by atoms with van der Waals surface area (Å²) < 4.78 is 6.22. The smallest absolute Gasteiger partial charge is 0.213 e. The van der Waals surface area contributed by atoms with Crippen molar-refractivity contribution in [2.24, 2.45) is 5.92 Å². The Balaban J connectivity index is 1.52. The van der Waals surface area contributed by atoms with Crippen LogP contribution in [-0.4, -0.2) is 29.1 Å². The van der Waals surface area contributed by atoms with Crippen LogP contribution in [0.1, 0.15) is 30.4 Å². The Bertz CT molecular complexity index is 932. The van der Waals surface area contributed by atoms with E-state index in [9.17, 15) is 0 Å². The highest BCUT2D eigenvalue weighted by Crippen LogP contribution is 2.37. The second kappa shape index (κ2) is 9.82. The van der Waals surface area contributed by atoms with Gasteiger partial charge in [0.2, 0.25) is 5.88 Å². The number of ether oxygens (including phenoxy) is 1. The van der Waals surface area contributed by atoms with Crippen LogP contribution in [0.5, 0.6) is 5.88 Å². The third-order valence-corrected chi connectivity index (χ3v) is 6.38. The minimum atomic E-state index is 0.0400. The summed E-state index contributed by atoms with van der Waals surface area (Å²) in [6, 6.07) is 22.6. The molecule has 1 aromatic heterocycles. The highest BCUT2D eigenvalue weighted by molar-refractivity contribution is 6.30. The summed E-state index contributed by atoms with van der Waals surface area (Å²) in [5, 5.41) is 1.38. The molecule has 0 amide bonds. The Hall–Kier alpha value is -2.07. The van der Waals surface area contributed by atoms with Gasteiger partial charge in [-0.2, -0.15) is 0 Å². The molecule has 3 atom stereocenters. The van der Waals surface area contributed by atoms with E-state index in [0.717, 1.165) is 31.1 Å². The number of halogens is 2. The maximum absolute atomic E-state index is 6.22. The Labute approximate surface area is 188 Å². The molecule has 0 radical (unpaired) electrons. The van der Waals surface area contributed by atoms with Crippen molar-refractivity contribution >= 4 is 23.2 Å². The van der Waals surface area contributed by atoms with Crippen LogP contribution in [0.3, 0.4) is 0 Å². The minimum Gasteiger partial charge on any atom is -0.474 e. The molecule has 2 aromatic carbocycles. The second-order valence-corrected chi connectivity index (χ2v) is 8.84. The molecule has 0 bridgehead atoms. The van der Waals surface area contributed by atoms with Crippen LogP contribution in [-0.2, 0) is 6.54 Å². The van der Waals surface area contributed by atoms with Crippen molar-refractivity contribution in [1.29, 1.82) is 0 Å². The number of aromatic nitrogens is 1. The third-order valence-electron chi connectivity index (χ3n) is 5.91. The molecule has 4 rings (SSSR count). The largest absolute Gasteiger partial charge is 0.474 e. The van der Waals surface area contributed by atoms with E-state index in [4.69, 9.17) is 27.9 Å². The molecular formula is C25H26Cl2N2O. The quantitative estimate of drug-likeness (QED) is 0.439. The van der Waals surface area contributed by atoms with Gasteiger partial charge in [0.15, 0.2) is 0 Å². The van der Waals surface area contributed by atoms with Gasteiger partial charge in [-0.25, -0.2) is 4.98 Å². The van der Waals surface area contributed by atoms with E-state index in [2.05, 4.69) is 59.3 Å². The molecule has 5 heteroatoms. The molecule has 0 N–H and O–H groups in total. The molecule has 1 aliphatic heterocycles. The molecule has 0 saturated carbocycles. The highest BCUT2D eigenvalue weighted by atomic mass is 35.5. The first kappa shape index (κ1) is 21.2. The van der Waals surface area contributed by atoms with Gasteiger partial charge in [0.25, 0.3) is 0 Å². The molecule has 30 heavy (non-hydrogen) atoms. The van der Waals surface area contributed by atoms with Crippen LogP contribution in [0.25, 0.3) is 0 Å². The van der Waals surface area contributed by atoms with Gasteiger partial charge in [-0.05, 0) is 49.2 Å². The van der Waals surface area contributed by atoms with Crippen molar-refractivity contribution in [2.75, 3.05) is 13.1 Å². The fraction of sp³-hybridized carbons (Fsp3) is 0.320. The van der Waals surface area contributed by atoms with Crippen molar-refractivity contribution in [3.05, 3.63) is 94.1 Å². The van der Waals surface area contributed by atoms with Crippen LogP contribution < -0.4 is 4.74 Å². The van der Waals surface area contributed by atoms with Crippen LogP contribution in [0.4, 0.5) is 0 Å². The van der Waals surface area contributed by atoms with Crippen molar-refractivity contribution in [2.45, 2.75) is 31.9 Å². The zero-order valence-electron chi connectivity index (χ0n) is 17.0. The number of benzene rings is 2. The fourth-order valence-electron chi connectivity index (χ4n) is 4.36. The summed E-state index contributed by atoms with van der Waals surface area (Å²) in [5.74, 6) is 1.37. The van der Waals surface area contributed by atoms with Gasteiger partial charge in [0.05, 0.1) is 5.02 Å². The standard InChI is InChI=1S/C25H26Cl2N2O/c1-18(30-25-12-11-22(27)15-28-25)23-13-14-29(16-19-5-3-2-4-6-19)17-24(23)20-7-9-21(26)10-8-20/h2-12,15,18,23-24H,13-14,16-17H2,1H3/t18-,23-,24-/m1/s1. The SMILES string of the molecule is C[C@@H](Oc1ccc(Cl)cn1)[C@H]1CCN(Cc2ccccc2)C[C@@H]1c1ccc(Cl)cc1. The summed E-state index contributed by atoms with van der Waals surface area (Å²) in [6.07, 6.45) is 2.73. The molecule has 0 aliphatic carbocycles. The van der Waals surface area contributed by atoms with Gasteiger partial charge in [0, 0.05) is 42.2 Å². The molecule has 156 valence electrons. The lowest BCUT2D eigenvalue weighted by atomic mass is 9.77. The summed E-state index contributed by atoms with van der Waals surface area (Å²) in [4.78, 5) is 6.85. The Morgan fingerprint density at radius 2 is 1.73 bits per heavy atom. The van der Waals surface area contributed by atoms with Gasteiger partial charge < -0.3 is 4.74 Å². The molecule has 2 heterocycles. The van der Waals surface area contributed by atoms with Crippen LogP contribution >= 0.6 is 23.2 Å². The Kier molecular flexibility index (Phi) is 6.93. The summed E-state index contributed by atoms with van der Waals surface area (Å²) >= 11 is 12.1. The molecular weight excluding hydrogens is 415 g/mol.